The number of rotatable bonds is 3. The molecule has 2 aromatic carbocycles. The van der Waals surface area contributed by atoms with Gasteiger partial charge >= 0.3 is 0 Å². The summed E-state index contributed by atoms with van der Waals surface area (Å²) in [5.41, 5.74) is 4.83. The van der Waals surface area contributed by atoms with Gasteiger partial charge in [-0.2, -0.15) is 0 Å². The lowest BCUT2D eigenvalue weighted by Gasteiger charge is -2.25. The Morgan fingerprint density at radius 1 is 1.10 bits per heavy atom. The smallest absolute Gasteiger partial charge is 0.279 e. The van der Waals surface area contributed by atoms with Crippen molar-refractivity contribution >= 4 is 11.6 Å². The number of para-hydroxylation sites is 1. The van der Waals surface area contributed by atoms with Crippen molar-refractivity contribution in [1.82, 2.24) is 0 Å². The van der Waals surface area contributed by atoms with Crippen LogP contribution < -0.4 is 10.2 Å². The normalized spacial score (nSPS) is 17.1. The molecule has 1 amide bonds. The number of nitrogens with one attached hydrogen (secondary N) is 2. The van der Waals surface area contributed by atoms with Gasteiger partial charge in [-0.3, -0.25) is 4.79 Å². The Labute approximate surface area is 125 Å². The molecule has 0 saturated carbocycles. The molecule has 0 spiro atoms. The zero-order valence-corrected chi connectivity index (χ0v) is 12.4. The maximum atomic E-state index is 12.2. The van der Waals surface area contributed by atoms with Crippen LogP contribution in [0.5, 0.6) is 0 Å². The van der Waals surface area contributed by atoms with E-state index in [-0.39, 0.29) is 5.91 Å². The maximum absolute atomic E-state index is 12.2. The van der Waals surface area contributed by atoms with Crippen molar-refractivity contribution < 1.29 is 9.69 Å². The minimum Gasteiger partial charge on any atom is -0.323 e. The molecule has 1 heterocycles. The Hall–Kier alpha value is -2.13. The van der Waals surface area contributed by atoms with E-state index in [9.17, 15) is 4.79 Å². The Kier molecular flexibility index (Phi) is 4.02. The van der Waals surface area contributed by atoms with E-state index in [4.69, 9.17) is 0 Å². The fraction of sp³-hybridized carbons (Fsp3) is 0.278. The van der Waals surface area contributed by atoms with Gasteiger partial charge in [-0.05, 0) is 24.1 Å². The zero-order chi connectivity index (χ0) is 14.7. The van der Waals surface area contributed by atoms with Crippen molar-refractivity contribution in [2.24, 2.45) is 0 Å². The van der Waals surface area contributed by atoms with Crippen LogP contribution in [0, 0.1) is 6.92 Å². The average Bonchev–Trinajstić information content (AvgIpc) is 2.49. The minimum absolute atomic E-state index is 0.0960. The Morgan fingerprint density at radius 3 is 2.62 bits per heavy atom. The molecule has 0 aliphatic carbocycles. The molecule has 1 aliphatic rings. The summed E-state index contributed by atoms with van der Waals surface area (Å²) in [4.78, 5) is 13.5. The molecule has 1 atom stereocenters. The fourth-order valence-corrected chi connectivity index (χ4v) is 2.93. The monoisotopic (exact) mass is 281 g/mol. The number of hydrogen-bond acceptors (Lipinski definition) is 1. The highest BCUT2D eigenvalue weighted by molar-refractivity contribution is 5.92. The number of fused-ring (bicyclic) bond motifs is 1. The van der Waals surface area contributed by atoms with Crippen molar-refractivity contribution in [3.63, 3.8) is 0 Å². The Balaban J connectivity index is 1.60. The van der Waals surface area contributed by atoms with Gasteiger partial charge < -0.3 is 10.2 Å². The lowest BCUT2D eigenvalue weighted by atomic mass is 10.00. The SMILES string of the molecule is Cc1ccccc1NC(=O)C[NH+]1CCc2ccccc2C1. The molecule has 1 aliphatic heterocycles. The molecule has 1 unspecified atom stereocenters. The predicted octanol–water partition coefficient (Wildman–Crippen LogP) is 1.57. The van der Waals surface area contributed by atoms with Crippen LogP contribution in [0.1, 0.15) is 16.7 Å². The number of hydrogen-bond donors (Lipinski definition) is 2. The van der Waals surface area contributed by atoms with E-state index < -0.39 is 0 Å². The van der Waals surface area contributed by atoms with Crippen LogP contribution >= 0.6 is 0 Å². The van der Waals surface area contributed by atoms with Crippen LogP contribution in [0.15, 0.2) is 48.5 Å². The number of carbonyl (C=O) groups excluding carboxylic acids is 1. The first-order valence-corrected chi connectivity index (χ1v) is 7.48. The summed E-state index contributed by atoms with van der Waals surface area (Å²) in [5.74, 6) is 0.0960. The van der Waals surface area contributed by atoms with E-state index in [1.807, 2.05) is 31.2 Å². The van der Waals surface area contributed by atoms with Crippen LogP contribution in [0.25, 0.3) is 0 Å². The molecule has 21 heavy (non-hydrogen) atoms. The molecule has 0 aromatic heterocycles. The highest BCUT2D eigenvalue weighted by Crippen LogP contribution is 2.13. The van der Waals surface area contributed by atoms with Gasteiger partial charge in [0.05, 0.1) is 6.54 Å². The highest BCUT2D eigenvalue weighted by atomic mass is 16.2. The predicted molar refractivity (Wildman–Crippen MR) is 84.4 cm³/mol. The van der Waals surface area contributed by atoms with E-state index >= 15 is 0 Å². The molecular weight excluding hydrogens is 260 g/mol. The fourth-order valence-electron chi connectivity index (χ4n) is 2.93. The topological polar surface area (TPSA) is 33.5 Å². The van der Waals surface area contributed by atoms with Gasteiger partial charge in [0, 0.05) is 17.7 Å². The largest absolute Gasteiger partial charge is 0.323 e. The van der Waals surface area contributed by atoms with E-state index in [1.54, 1.807) is 0 Å². The number of carbonyl (C=O) groups is 1. The van der Waals surface area contributed by atoms with Gasteiger partial charge in [0.25, 0.3) is 5.91 Å². The van der Waals surface area contributed by atoms with Gasteiger partial charge in [0.1, 0.15) is 6.54 Å². The number of quaternary nitrogens is 1. The number of amides is 1. The van der Waals surface area contributed by atoms with Crippen LogP contribution in [-0.4, -0.2) is 19.0 Å². The van der Waals surface area contributed by atoms with Gasteiger partial charge in [-0.15, -0.1) is 0 Å². The van der Waals surface area contributed by atoms with Crippen molar-refractivity contribution in [1.29, 1.82) is 0 Å². The van der Waals surface area contributed by atoms with Crippen molar-refractivity contribution in [3.8, 4) is 0 Å². The summed E-state index contributed by atoms with van der Waals surface area (Å²) in [5, 5.41) is 3.02. The Morgan fingerprint density at radius 2 is 1.81 bits per heavy atom. The van der Waals surface area contributed by atoms with E-state index in [1.165, 1.54) is 16.0 Å². The Bertz CT molecular complexity index is 651. The second-order valence-electron chi connectivity index (χ2n) is 5.74. The summed E-state index contributed by atoms with van der Waals surface area (Å²) in [6, 6.07) is 16.4. The van der Waals surface area contributed by atoms with Crippen LogP contribution in [-0.2, 0) is 17.8 Å². The van der Waals surface area contributed by atoms with Crippen LogP contribution in [0.3, 0.4) is 0 Å². The number of benzene rings is 2. The van der Waals surface area contributed by atoms with Gasteiger partial charge in [0.15, 0.2) is 6.54 Å². The molecule has 0 fully saturated rings. The molecule has 3 heteroatoms. The second-order valence-corrected chi connectivity index (χ2v) is 5.74. The molecular formula is C18H21N2O+. The van der Waals surface area contributed by atoms with Gasteiger partial charge in [-0.25, -0.2) is 0 Å². The number of anilines is 1. The first-order chi connectivity index (χ1) is 10.2. The van der Waals surface area contributed by atoms with Crippen molar-refractivity contribution in [2.75, 3.05) is 18.4 Å². The molecule has 3 nitrogen and oxygen atoms in total. The first kappa shape index (κ1) is 13.8. The molecule has 108 valence electrons. The van der Waals surface area contributed by atoms with E-state index in [0.717, 1.165) is 30.8 Å². The van der Waals surface area contributed by atoms with Crippen LogP contribution in [0.4, 0.5) is 5.69 Å². The molecule has 0 saturated heterocycles. The first-order valence-electron chi connectivity index (χ1n) is 7.48. The summed E-state index contributed by atoms with van der Waals surface area (Å²) < 4.78 is 0. The van der Waals surface area contributed by atoms with Crippen LogP contribution in [0.2, 0.25) is 0 Å². The quantitative estimate of drug-likeness (QED) is 0.880. The van der Waals surface area contributed by atoms with Gasteiger partial charge in [-0.1, -0.05) is 42.5 Å². The van der Waals surface area contributed by atoms with E-state index in [2.05, 4.69) is 29.6 Å². The molecule has 0 radical (unpaired) electrons. The summed E-state index contributed by atoms with van der Waals surface area (Å²) >= 11 is 0. The summed E-state index contributed by atoms with van der Waals surface area (Å²) in [6.07, 6.45) is 1.06. The number of aryl methyl sites for hydroxylation is 1. The second kappa shape index (κ2) is 6.10. The minimum atomic E-state index is 0.0960. The molecule has 0 bridgehead atoms. The van der Waals surface area contributed by atoms with Crippen molar-refractivity contribution in [3.05, 3.63) is 65.2 Å². The van der Waals surface area contributed by atoms with Crippen molar-refractivity contribution in [2.45, 2.75) is 19.9 Å². The maximum Gasteiger partial charge on any atom is 0.279 e. The standard InChI is InChI=1S/C18H20N2O/c1-14-6-2-5-9-17(14)19-18(21)13-20-11-10-15-7-3-4-8-16(15)12-20/h2-9H,10-13H2,1H3,(H,19,21)/p+1. The lowest BCUT2D eigenvalue weighted by molar-refractivity contribution is -0.907. The third-order valence-corrected chi connectivity index (χ3v) is 4.14. The van der Waals surface area contributed by atoms with E-state index in [0.29, 0.717) is 6.54 Å². The van der Waals surface area contributed by atoms with Gasteiger partial charge in [0.2, 0.25) is 0 Å². The zero-order valence-electron chi connectivity index (χ0n) is 12.4. The average molecular weight is 281 g/mol. The third-order valence-electron chi connectivity index (χ3n) is 4.14. The summed E-state index contributed by atoms with van der Waals surface area (Å²) in [6.45, 7) is 4.51. The molecule has 2 aromatic rings. The third kappa shape index (κ3) is 3.31. The lowest BCUT2D eigenvalue weighted by Crippen LogP contribution is -3.12. The molecule has 2 N–H and O–H groups in total. The summed E-state index contributed by atoms with van der Waals surface area (Å²) in [7, 11) is 0. The molecule has 3 rings (SSSR count). The highest BCUT2D eigenvalue weighted by Gasteiger charge is 2.21.